The average Bonchev–Trinajstić information content (AvgIpc) is 2.88. The smallest absolute Gasteiger partial charge is 0.323 e. The summed E-state index contributed by atoms with van der Waals surface area (Å²) in [7, 11) is 0. The molecule has 1 fully saturated rings. The topological polar surface area (TPSA) is 135 Å². The number of amidine groups is 1. The van der Waals surface area contributed by atoms with Crippen molar-refractivity contribution in [2.24, 2.45) is 4.99 Å². The van der Waals surface area contributed by atoms with Crippen LogP contribution in [0, 0.1) is 0 Å². The molecule has 37 heavy (non-hydrogen) atoms. The predicted octanol–water partition coefficient (Wildman–Crippen LogP) is 3.54. The Labute approximate surface area is 218 Å². The predicted molar refractivity (Wildman–Crippen MR) is 143 cm³/mol. The van der Waals surface area contributed by atoms with Crippen molar-refractivity contribution in [1.82, 2.24) is 29.7 Å². The van der Waals surface area contributed by atoms with Crippen LogP contribution in [-0.2, 0) is 11.3 Å². The lowest BCUT2D eigenvalue weighted by atomic mass is 9.97. The van der Waals surface area contributed by atoms with Gasteiger partial charge in [-0.2, -0.15) is 0 Å². The maximum Gasteiger partial charge on any atom is 0.323 e. The standard InChI is InChI=1S/C26H37N9O2/c1-17(2)20-15-21(32-22(31-20)18(3)4)33-25(36)35-13-11-34(12-14-35)23-26(5,8-6-9-28-23)37-16-19-7-10-29-24(27)30-19/h6-7,9-10,15,17-18H,8,11-14,16H2,1-5H3,(H2,27,29,30)(H,31,32,33,36). The number of carbonyl (C=O) groups is 1. The van der Waals surface area contributed by atoms with Gasteiger partial charge in [-0.1, -0.05) is 33.8 Å². The van der Waals surface area contributed by atoms with Crippen LogP contribution in [0.3, 0.4) is 0 Å². The first kappa shape index (κ1) is 26.5. The fraction of sp³-hybridized carbons (Fsp3) is 0.538. The number of aromatic nitrogens is 4. The molecular formula is C26H37N9O2. The van der Waals surface area contributed by atoms with E-state index < -0.39 is 5.60 Å². The minimum Gasteiger partial charge on any atom is -0.368 e. The largest absolute Gasteiger partial charge is 0.368 e. The first-order valence-corrected chi connectivity index (χ1v) is 12.8. The van der Waals surface area contributed by atoms with Crippen molar-refractivity contribution in [3.05, 3.63) is 47.8 Å². The molecule has 4 heterocycles. The third-order valence-electron chi connectivity index (χ3n) is 6.53. The number of carbonyl (C=O) groups excluding carboxylic acids is 1. The number of anilines is 2. The van der Waals surface area contributed by atoms with E-state index >= 15 is 0 Å². The number of rotatable bonds is 6. The summed E-state index contributed by atoms with van der Waals surface area (Å²) in [6, 6.07) is 3.49. The Morgan fingerprint density at radius 3 is 2.57 bits per heavy atom. The molecule has 198 valence electrons. The van der Waals surface area contributed by atoms with Gasteiger partial charge in [0.15, 0.2) is 0 Å². The van der Waals surface area contributed by atoms with Gasteiger partial charge in [-0.25, -0.2) is 29.7 Å². The number of nitrogens with zero attached hydrogens (tertiary/aromatic N) is 7. The van der Waals surface area contributed by atoms with Crippen molar-refractivity contribution in [3.8, 4) is 0 Å². The van der Waals surface area contributed by atoms with Gasteiger partial charge in [-0.15, -0.1) is 0 Å². The monoisotopic (exact) mass is 507 g/mol. The highest BCUT2D eigenvalue weighted by molar-refractivity contribution is 5.92. The Hall–Kier alpha value is -3.60. The molecule has 2 aromatic rings. The molecule has 11 nitrogen and oxygen atoms in total. The third-order valence-corrected chi connectivity index (χ3v) is 6.53. The van der Waals surface area contributed by atoms with Crippen molar-refractivity contribution in [3.63, 3.8) is 0 Å². The SMILES string of the molecule is CC(C)c1cc(NC(=O)N2CCN(C3=NC=CCC3(C)OCc3ccnc(N)n3)CC2)nc(C(C)C)n1. The highest BCUT2D eigenvalue weighted by atomic mass is 16.5. The number of nitrogens with one attached hydrogen (secondary N) is 1. The third kappa shape index (κ3) is 6.40. The molecule has 0 aliphatic carbocycles. The van der Waals surface area contributed by atoms with E-state index in [1.54, 1.807) is 12.3 Å². The number of piperazine rings is 1. The van der Waals surface area contributed by atoms with Crippen LogP contribution in [0.2, 0.25) is 0 Å². The molecule has 0 radical (unpaired) electrons. The second-order valence-electron chi connectivity index (χ2n) is 10.2. The minimum atomic E-state index is -0.611. The van der Waals surface area contributed by atoms with Crippen LogP contribution in [-0.4, -0.2) is 73.4 Å². The fourth-order valence-electron chi connectivity index (χ4n) is 4.31. The van der Waals surface area contributed by atoms with Gasteiger partial charge in [0, 0.05) is 62.7 Å². The summed E-state index contributed by atoms with van der Waals surface area (Å²) in [5, 5.41) is 2.98. The van der Waals surface area contributed by atoms with Gasteiger partial charge in [0.1, 0.15) is 23.1 Å². The number of nitrogens with two attached hydrogens (primary N) is 1. The summed E-state index contributed by atoms with van der Waals surface area (Å²) >= 11 is 0. The number of ether oxygens (including phenoxy) is 1. The Bertz CT molecular complexity index is 1150. The zero-order chi connectivity index (χ0) is 26.6. The van der Waals surface area contributed by atoms with Gasteiger partial charge in [-0.3, -0.25) is 5.32 Å². The second-order valence-corrected chi connectivity index (χ2v) is 10.2. The normalized spacial score (nSPS) is 19.9. The minimum absolute atomic E-state index is 0.159. The zero-order valence-electron chi connectivity index (χ0n) is 22.3. The van der Waals surface area contributed by atoms with Crippen molar-refractivity contribution in [2.45, 2.75) is 65.1 Å². The molecule has 2 aliphatic rings. The number of hydrogen-bond donors (Lipinski definition) is 2. The van der Waals surface area contributed by atoms with Crippen molar-refractivity contribution in [1.29, 1.82) is 0 Å². The molecule has 2 amide bonds. The van der Waals surface area contributed by atoms with E-state index in [0.717, 1.165) is 23.0 Å². The van der Waals surface area contributed by atoms with Crippen LogP contribution in [0.1, 0.15) is 70.1 Å². The molecule has 11 heteroatoms. The van der Waals surface area contributed by atoms with Gasteiger partial charge in [0.25, 0.3) is 0 Å². The van der Waals surface area contributed by atoms with Crippen molar-refractivity contribution >= 4 is 23.6 Å². The summed E-state index contributed by atoms with van der Waals surface area (Å²) in [5.41, 5.74) is 6.74. The number of urea groups is 1. The van der Waals surface area contributed by atoms with Crippen LogP contribution in [0.4, 0.5) is 16.6 Å². The summed E-state index contributed by atoms with van der Waals surface area (Å²) in [6.45, 7) is 13.0. The van der Waals surface area contributed by atoms with Crippen LogP contribution in [0.15, 0.2) is 35.6 Å². The first-order chi connectivity index (χ1) is 17.6. The first-order valence-electron chi connectivity index (χ1n) is 12.8. The molecule has 1 saturated heterocycles. The van der Waals surface area contributed by atoms with Gasteiger partial charge in [0.2, 0.25) is 5.95 Å². The van der Waals surface area contributed by atoms with Crippen molar-refractivity contribution in [2.75, 3.05) is 37.2 Å². The van der Waals surface area contributed by atoms with Crippen molar-refractivity contribution < 1.29 is 9.53 Å². The van der Waals surface area contributed by atoms with E-state index in [-0.39, 0.29) is 23.8 Å². The van der Waals surface area contributed by atoms with Gasteiger partial charge in [0.05, 0.1) is 12.3 Å². The molecule has 0 spiro atoms. The summed E-state index contributed by atoms with van der Waals surface area (Å²) in [5.74, 6) is 2.78. The quantitative estimate of drug-likeness (QED) is 0.606. The molecule has 1 atom stereocenters. The molecule has 0 saturated carbocycles. The highest BCUT2D eigenvalue weighted by Gasteiger charge is 2.37. The zero-order valence-corrected chi connectivity index (χ0v) is 22.3. The molecule has 1 unspecified atom stereocenters. The van der Waals surface area contributed by atoms with E-state index in [4.69, 9.17) is 10.5 Å². The van der Waals surface area contributed by atoms with E-state index in [9.17, 15) is 4.79 Å². The lowest BCUT2D eigenvalue weighted by molar-refractivity contribution is -0.00230. The van der Waals surface area contributed by atoms with E-state index in [0.29, 0.717) is 45.0 Å². The molecule has 0 aromatic carbocycles. The lowest BCUT2D eigenvalue weighted by Crippen LogP contribution is -2.57. The maximum atomic E-state index is 13.1. The Morgan fingerprint density at radius 1 is 1.14 bits per heavy atom. The molecule has 0 bridgehead atoms. The van der Waals surface area contributed by atoms with Gasteiger partial charge < -0.3 is 20.3 Å². The summed E-state index contributed by atoms with van der Waals surface area (Å²) < 4.78 is 6.31. The summed E-state index contributed by atoms with van der Waals surface area (Å²) in [4.78, 5) is 39.1. The number of aliphatic imine (C=N–C) groups is 1. The second kappa shape index (κ2) is 11.2. The number of hydrogen-bond acceptors (Lipinski definition) is 9. The van der Waals surface area contributed by atoms with Crippen LogP contribution < -0.4 is 11.1 Å². The Balaban J connectivity index is 1.38. The molecule has 3 N–H and O–H groups in total. The van der Waals surface area contributed by atoms with Crippen LogP contribution in [0.5, 0.6) is 0 Å². The molecule has 4 rings (SSSR count). The van der Waals surface area contributed by atoms with Crippen LogP contribution >= 0.6 is 0 Å². The van der Waals surface area contributed by atoms with E-state index in [1.807, 2.05) is 44.0 Å². The summed E-state index contributed by atoms with van der Waals surface area (Å²) in [6.07, 6.45) is 6.13. The Morgan fingerprint density at radius 2 is 1.89 bits per heavy atom. The van der Waals surface area contributed by atoms with Gasteiger partial charge in [-0.05, 0) is 18.9 Å². The Kier molecular flexibility index (Phi) is 8.01. The highest BCUT2D eigenvalue weighted by Crippen LogP contribution is 2.27. The molecular weight excluding hydrogens is 470 g/mol. The van der Waals surface area contributed by atoms with Crippen LogP contribution in [0.25, 0.3) is 0 Å². The fourth-order valence-corrected chi connectivity index (χ4v) is 4.31. The van der Waals surface area contributed by atoms with E-state index in [1.165, 1.54) is 0 Å². The number of nitrogen functional groups attached to an aromatic ring is 1. The maximum absolute atomic E-state index is 13.1. The molecule has 2 aromatic heterocycles. The number of amides is 2. The lowest BCUT2D eigenvalue weighted by Gasteiger charge is -2.42. The van der Waals surface area contributed by atoms with Gasteiger partial charge >= 0.3 is 6.03 Å². The molecule has 2 aliphatic heterocycles. The average molecular weight is 508 g/mol. The van der Waals surface area contributed by atoms with E-state index in [2.05, 4.69) is 49.0 Å².